The van der Waals surface area contributed by atoms with Crippen molar-refractivity contribution in [3.63, 3.8) is 0 Å². The molecule has 0 fully saturated rings. The summed E-state index contributed by atoms with van der Waals surface area (Å²) in [6.07, 6.45) is 0.275. The van der Waals surface area contributed by atoms with Crippen LogP contribution in [0.1, 0.15) is 13.3 Å². The summed E-state index contributed by atoms with van der Waals surface area (Å²) in [5, 5.41) is -0.00319. The van der Waals surface area contributed by atoms with Gasteiger partial charge in [-0.2, -0.15) is 0 Å². The van der Waals surface area contributed by atoms with Crippen LogP contribution in [0.25, 0.3) is 0 Å². The number of carbonyl (C=O) groups excluding carboxylic acids is 1. The molecule has 0 aliphatic carbocycles. The zero-order valence-electron chi connectivity index (χ0n) is 9.20. The number of ether oxygens (including phenoxy) is 1. The molecule has 0 amide bonds. The fraction of sp³-hybridized carbons (Fsp3) is 0.364. The molecule has 0 spiro atoms. The van der Waals surface area contributed by atoms with Gasteiger partial charge in [-0.25, -0.2) is 4.39 Å². The van der Waals surface area contributed by atoms with Gasteiger partial charge in [0, 0.05) is 15.8 Å². The minimum Gasteiger partial charge on any atom is -0.469 e. The number of halogens is 1. The molecular formula is C11H14FNO2S. The molecule has 5 heteroatoms. The number of hydrogen-bond acceptors (Lipinski definition) is 4. The van der Waals surface area contributed by atoms with E-state index < -0.39 is 0 Å². The Balaban J connectivity index is 2.65. The molecule has 1 atom stereocenters. The number of rotatable bonds is 4. The van der Waals surface area contributed by atoms with E-state index in [0.29, 0.717) is 10.6 Å². The van der Waals surface area contributed by atoms with Gasteiger partial charge in [0.15, 0.2) is 0 Å². The van der Waals surface area contributed by atoms with Gasteiger partial charge in [-0.05, 0) is 18.2 Å². The van der Waals surface area contributed by atoms with Crippen molar-refractivity contribution in [3.05, 3.63) is 24.0 Å². The molecule has 16 heavy (non-hydrogen) atoms. The summed E-state index contributed by atoms with van der Waals surface area (Å²) >= 11 is 1.36. The largest absolute Gasteiger partial charge is 0.469 e. The second-order valence-corrected chi connectivity index (χ2v) is 4.87. The monoisotopic (exact) mass is 243 g/mol. The second kappa shape index (κ2) is 5.75. The van der Waals surface area contributed by atoms with Gasteiger partial charge in [-0.3, -0.25) is 4.79 Å². The van der Waals surface area contributed by atoms with Gasteiger partial charge in [0.25, 0.3) is 0 Å². The summed E-state index contributed by atoms with van der Waals surface area (Å²) in [7, 11) is 1.34. The van der Waals surface area contributed by atoms with Crippen LogP contribution in [-0.4, -0.2) is 18.3 Å². The molecule has 1 aromatic carbocycles. The molecule has 1 unspecified atom stereocenters. The fourth-order valence-corrected chi connectivity index (χ4v) is 2.22. The number of esters is 1. The number of nitrogen functional groups attached to an aromatic ring is 1. The molecule has 3 nitrogen and oxygen atoms in total. The van der Waals surface area contributed by atoms with Crippen LogP contribution < -0.4 is 5.73 Å². The van der Waals surface area contributed by atoms with Crippen molar-refractivity contribution < 1.29 is 13.9 Å². The predicted octanol–water partition coefficient (Wildman–Crippen LogP) is 2.45. The van der Waals surface area contributed by atoms with Crippen LogP contribution in [0.2, 0.25) is 0 Å². The van der Waals surface area contributed by atoms with Crippen molar-refractivity contribution in [1.82, 2.24) is 0 Å². The number of anilines is 1. The Hall–Kier alpha value is -1.23. The van der Waals surface area contributed by atoms with Crippen LogP contribution >= 0.6 is 11.8 Å². The van der Waals surface area contributed by atoms with Gasteiger partial charge >= 0.3 is 5.97 Å². The number of methoxy groups -OCH3 is 1. The van der Waals surface area contributed by atoms with E-state index in [1.165, 1.54) is 37.1 Å². The number of thioether (sulfide) groups is 1. The Morgan fingerprint density at radius 1 is 1.62 bits per heavy atom. The average molecular weight is 243 g/mol. The molecule has 0 aliphatic rings. The van der Waals surface area contributed by atoms with Crippen molar-refractivity contribution in [2.24, 2.45) is 0 Å². The molecule has 0 bridgehead atoms. The van der Waals surface area contributed by atoms with E-state index in [4.69, 9.17) is 5.73 Å². The Morgan fingerprint density at radius 3 is 2.94 bits per heavy atom. The number of hydrogen-bond donors (Lipinski definition) is 1. The molecule has 0 aromatic heterocycles. The van der Waals surface area contributed by atoms with Crippen molar-refractivity contribution in [3.8, 4) is 0 Å². The SMILES string of the molecule is COC(=O)CC(C)Sc1cc(F)ccc1N. The third-order valence-electron chi connectivity index (χ3n) is 1.99. The molecule has 88 valence electrons. The van der Waals surface area contributed by atoms with Gasteiger partial charge in [0.2, 0.25) is 0 Å². The summed E-state index contributed by atoms with van der Waals surface area (Å²) in [6.45, 7) is 1.87. The molecule has 0 saturated heterocycles. The first-order valence-corrected chi connectivity index (χ1v) is 5.69. The lowest BCUT2D eigenvalue weighted by atomic mass is 10.3. The standard InChI is InChI=1S/C11H14FNO2S/c1-7(5-11(14)15-2)16-10-6-8(12)3-4-9(10)13/h3-4,6-7H,5,13H2,1-2H3. The molecule has 2 N–H and O–H groups in total. The summed E-state index contributed by atoms with van der Waals surface area (Å²) in [5.74, 6) is -0.614. The summed E-state index contributed by atoms with van der Waals surface area (Å²) in [6, 6.07) is 4.20. The van der Waals surface area contributed by atoms with Crippen LogP contribution in [0.15, 0.2) is 23.1 Å². The maximum absolute atomic E-state index is 13.0. The van der Waals surface area contributed by atoms with E-state index in [2.05, 4.69) is 4.74 Å². The fourth-order valence-electron chi connectivity index (χ4n) is 1.19. The molecule has 0 aliphatic heterocycles. The summed E-state index contributed by atoms with van der Waals surface area (Å²) < 4.78 is 17.5. The number of carbonyl (C=O) groups is 1. The highest BCUT2D eigenvalue weighted by atomic mass is 32.2. The van der Waals surface area contributed by atoms with Crippen LogP contribution in [-0.2, 0) is 9.53 Å². The van der Waals surface area contributed by atoms with Crippen LogP contribution in [0, 0.1) is 5.82 Å². The predicted molar refractivity (Wildman–Crippen MR) is 62.8 cm³/mol. The Bertz CT molecular complexity index is 384. The maximum Gasteiger partial charge on any atom is 0.306 e. The molecule has 0 radical (unpaired) electrons. The van der Waals surface area contributed by atoms with Crippen LogP contribution in [0.5, 0.6) is 0 Å². The van der Waals surface area contributed by atoms with Gasteiger partial charge in [0.1, 0.15) is 5.82 Å². The zero-order valence-corrected chi connectivity index (χ0v) is 10.0. The first-order chi connectivity index (χ1) is 7.52. The quantitative estimate of drug-likeness (QED) is 0.501. The molecule has 1 rings (SSSR count). The molecule has 0 saturated carbocycles. The highest BCUT2D eigenvalue weighted by Crippen LogP contribution is 2.30. The van der Waals surface area contributed by atoms with E-state index in [0.717, 1.165) is 0 Å². The highest BCUT2D eigenvalue weighted by Gasteiger charge is 2.12. The van der Waals surface area contributed by atoms with Crippen molar-refractivity contribution in [2.75, 3.05) is 12.8 Å². The number of benzene rings is 1. The van der Waals surface area contributed by atoms with E-state index >= 15 is 0 Å². The highest BCUT2D eigenvalue weighted by molar-refractivity contribution is 8.00. The maximum atomic E-state index is 13.0. The van der Waals surface area contributed by atoms with E-state index in [9.17, 15) is 9.18 Å². The minimum absolute atomic E-state index is 0.00319. The molecule has 1 aromatic rings. The Labute approximate surface area is 98.2 Å². The minimum atomic E-state index is -0.332. The molecular weight excluding hydrogens is 229 g/mol. The van der Waals surface area contributed by atoms with Crippen LogP contribution in [0.4, 0.5) is 10.1 Å². The second-order valence-electron chi connectivity index (χ2n) is 3.39. The lowest BCUT2D eigenvalue weighted by Crippen LogP contribution is -2.08. The first-order valence-electron chi connectivity index (χ1n) is 4.81. The van der Waals surface area contributed by atoms with Gasteiger partial charge in [-0.15, -0.1) is 11.8 Å². The smallest absolute Gasteiger partial charge is 0.306 e. The Kier molecular flexibility index (Phi) is 4.61. The van der Waals surface area contributed by atoms with E-state index in [-0.39, 0.29) is 23.5 Å². The van der Waals surface area contributed by atoms with E-state index in [1.807, 2.05) is 6.92 Å². The van der Waals surface area contributed by atoms with Gasteiger partial charge in [-0.1, -0.05) is 6.92 Å². The topological polar surface area (TPSA) is 52.3 Å². The van der Waals surface area contributed by atoms with Crippen LogP contribution in [0.3, 0.4) is 0 Å². The normalized spacial score (nSPS) is 12.2. The third-order valence-corrected chi connectivity index (χ3v) is 3.16. The lowest BCUT2D eigenvalue weighted by molar-refractivity contribution is -0.140. The number of nitrogens with two attached hydrogens (primary N) is 1. The average Bonchev–Trinajstić information content (AvgIpc) is 2.23. The third kappa shape index (κ3) is 3.73. The molecule has 0 heterocycles. The zero-order chi connectivity index (χ0) is 12.1. The summed E-state index contributed by atoms with van der Waals surface area (Å²) in [4.78, 5) is 11.7. The summed E-state index contributed by atoms with van der Waals surface area (Å²) in [5.41, 5.74) is 6.21. The van der Waals surface area contributed by atoms with Crippen molar-refractivity contribution >= 4 is 23.4 Å². The van der Waals surface area contributed by atoms with Gasteiger partial charge in [0.05, 0.1) is 13.5 Å². The van der Waals surface area contributed by atoms with E-state index in [1.54, 1.807) is 0 Å². The lowest BCUT2D eigenvalue weighted by Gasteiger charge is -2.11. The van der Waals surface area contributed by atoms with Crippen molar-refractivity contribution in [2.45, 2.75) is 23.5 Å². The first kappa shape index (κ1) is 12.8. The van der Waals surface area contributed by atoms with Crippen molar-refractivity contribution in [1.29, 1.82) is 0 Å². The Morgan fingerprint density at radius 2 is 2.31 bits per heavy atom. The van der Waals surface area contributed by atoms with Gasteiger partial charge < -0.3 is 10.5 Å².